The van der Waals surface area contributed by atoms with Crippen molar-refractivity contribution in [1.29, 1.82) is 0 Å². The number of hydrogen-bond acceptors (Lipinski definition) is 3. The van der Waals surface area contributed by atoms with Gasteiger partial charge in [-0.1, -0.05) is 19.1 Å². The summed E-state index contributed by atoms with van der Waals surface area (Å²) in [5, 5.41) is 0.485. The molecule has 1 aromatic rings. The summed E-state index contributed by atoms with van der Waals surface area (Å²) in [6.07, 6.45) is 0. The van der Waals surface area contributed by atoms with Crippen molar-refractivity contribution in [2.75, 3.05) is 19.8 Å². The fourth-order valence-electron chi connectivity index (χ4n) is 0.995. The summed E-state index contributed by atoms with van der Waals surface area (Å²) in [6.45, 7) is 2.12. The molecule has 1 rings (SSSR count). The van der Waals surface area contributed by atoms with Crippen LogP contribution in [0.4, 0.5) is 0 Å². The molecule has 0 unspecified atom stereocenters. The lowest BCUT2D eigenvalue weighted by Gasteiger charge is -2.15. The summed E-state index contributed by atoms with van der Waals surface area (Å²) in [4.78, 5) is 2.91. The van der Waals surface area contributed by atoms with Gasteiger partial charge in [-0.25, -0.2) is 0 Å². The molecule has 0 heterocycles. The lowest BCUT2D eigenvalue weighted by molar-refractivity contribution is 0.442. The monoisotopic (exact) mass is 241 g/mol. The van der Waals surface area contributed by atoms with E-state index in [1.54, 1.807) is 16.7 Å². The highest BCUT2D eigenvalue weighted by Gasteiger charge is 2.06. The molecule has 1 aromatic carbocycles. The second-order valence-corrected chi connectivity index (χ2v) is 4.80. The zero-order valence-corrected chi connectivity index (χ0v) is 10.8. The maximum atomic E-state index is 5.60. The van der Waals surface area contributed by atoms with Gasteiger partial charge in [0, 0.05) is 14.1 Å². The largest absolute Gasteiger partial charge is 0.431 e. The van der Waals surface area contributed by atoms with Crippen LogP contribution in [0.3, 0.4) is 0 Å². The Hall–Kier alpha value is -0.740. The molecule has 0 N–H and O–H groups in total. The molecule has 0 radical (unpaired) electrons. The Labute approximate surface area is 101 Å². The van der Waals surface area contributed by atoms with Gasteiger partial charge in [0.25, 0.3) is 5.17 Å². The van der Waals surface area contributed by atoms with Crippen LogP contribution >= 0.6 is 24.0 Å². The van der Waals surface area contributed by atoms with Crippen LogP contribution in [-0.2, 0) is 0 Å². The van der Waals surface area contributed by atoms with Crippen molar-refractivity contribution < 1.29 is 4.74 Å². The number of thiocarbonyl (C=S) groups is 1. The number of nitrogens with zero attached hydrogens (tertiary/aromatic N) is 1. The number of thioether (sulfide) groups is 1. The molecule has 0 atom stereocenters. The van der Waals surface area contributed by atoms with Crippen molar-refractivity contribution in [3.05, 3.63) is 24.3 Å². The van der Waals surface area contributed by atoms with E-state index < -0.39 is 0 Å². The lowest BCUT2D eigenvalue weighted by Crippen LogP contribution is -2.25. The van der Waals surface area contributed by atoms with Crippen molar-refractivity contribution in [3.8, 4) is 5.75 Å². The lowest BCUT2D eigenvalue weighted by atomic mass is 10.3. The first kappa shape index (κ1) is 12.3. The Morgan fingerprint density at radius 2 is 2.07 bits per heavy atom. The van der Waals surface area contributed by atoms with E-state index in [4.69, 9.17) is 17.0 Å². The van der Waals surface area contributed by atoms with E-state index in [0.717, 1.165) is 16.4 Å². The quantitative estimate of drug-likeness (QED) is 0.595. The molecule has 0 saturated heterocycles. The van der Waals surface area contributed by atoms with Gasteiger partial charge in [0.2, 0.25) is 0 Å². The third-order valence-electron chi connectivity index (χ3n) is 1.71. The molecule has 0 aromatic heterocycles. The molecule has 0 spiro atoms. The van der Waals surface area contributed by atoms with Gasteiger partial charge in [-0.3, -0.25) is 0 Å². The minimum atomic E-state index is 0.485. The van der Waals surface area contributed by atoms with Crippen LogP contribution in [0.25, 0.3) is 0 Å². The molecular weight excluding hydrogens is 226 g/mol. The first-order valence-corrected chi connectivity index (χ1v) is 6.15. The van der Waals surface area contributed by atoms with Crippen molar-refractivity contribution in [3.63, 3.8) is 0 Å². The minimum absolute atomic E-state index is 0.485. The van der Waals surface area contributed by atoms with E-state index in [0.29, 0.717) is 5.17 Å². The van der Waals surface area contributed by atoms with Crippen LogP contribution in [0.1, 0.15) is 6.92 Å². The van der Waals surface area contributed by atoms with Crippen LogP contribution in [0.5, 0.6) is 5.75 Å². The number of ether oxygens (including phenoxy) is 1. The topological polar surface area (TPSA) is 12.5 Å². The molecule has 0 fully saturated rings. The maximum Gasteiger partial charge on any atom is 0.264 e. The van der Waals surface area contributed by atoms with Crippen LogP contribution in [0.15, 0.2) is 29.2 Å². The smallest absolute Gasteiger partial charge is 0.264 e. The van der Waals surface area contributed by atoms with Crippen molar-refractivity contribution in [2.24, 2.45) is 0 Å². The Morgan fingerprint density at radius 1 is 1.40 bits per heavy atom. The highest BCUT2D eigenvalue weighted by molar-refractivity contribution is 7.99. The first-order chi connectivity index (χ1) is 7.15. The van der Waals surface area contributed by atoms with Gasteiger partial charge in [-0.2, -0.15) is 0 Å². The average molecular weight is 241 g/mol. The van der Waals surface area contributed by atoms with E-state index >= 15 is 0 Å². The third kappa shape index (κ3) is 3.72. The third-order valence-corrected chi connectivity index (χ3v) is 3.10. The highest BCUT2D eigenvalue weighted by atomic mass is 32.2. The Morgan fingerprint density at radius 3 is 2.67 bits per heavy atom. The fraction of sp³-hybridized carbons (Fsp3) is 0.364. The average Bonchev–Trinajstić information content (AvgIpc) is 2.21. The van der Waals surface area contributed by atoms with Crippen LogP contribution in [-0.4, -0.2) is 29.9 Å². The SMILES string of the molecule is CCSc1ccccc1OC(=S)N(C)C. The molecule has 0 aliphatic carbocycles. The van der Waals surface area contributed by atoms with Gasteiger partial charge in [-0.15, -0.1) is 11.8 Å². The molecule has 2 nitrogen and oxygen atoms in total. The van der Waals surface area contributed by atoms with E-state index in [9.17, 15) is 0 Å². The highest BCUT2D eigenvalue weighted by Crippen LogP contribution is 2.28. The van der Waals surface area contributed by atoms with Crippen molar-refractivity contribution in [2.45, 2.75) is 11.8 Å². The van der Waals surface area contributed by atoms with E-state index in [1.165, 1.54) is 0 Å². The summed E-state index contributed by atoms with van der Waals surface area (Å²) in [5.41, 5.74) is 0. The Kier molecular flexibility index (Phi) is 4.91. The van der Waals surface area contributed by atoms with Gasteiger partial charge in [-0.05, 0) is 30.1 Å². The summed E-state index contributed by atoms with van der Waals surface area (Å²) < 4.78 is 5.60. The predicted molar refractivity (Wildman–Crippen MR) is 69.8 cm³/mol. The predicted octanol–water partition coefficient (Wildman–Crippen LogP) is 3.02. The number of rotatable bonds is 3. The molecule has 82 valence electrons. The van der Waals surface area contributed by atoms with Crippen LogP contribution in [0.2, 0.25) is 0 Å². The van der Waals surface area contributed by atoms with E-state index in [-0.39, 0.29) is 0 Å². The van der Waals surface area contributed by atoms with Crippen molar-refractivity contribution >= 4 is 29.2 Å². The second-order valence-electron chi connectivity index (χ2n) is 3.14. The number of hydrogen-bond donors (Lipinski definition) is 0. The summed E-state index contributed by atoms with van der Waals surface area (Å²) in [5.74, 6) is 1.86. The van der Waals surface area contributed by atoms with Gasteiger partial charge in [0.05, 0.1) is 4.90 Å². The van der Waals surface area contributed by atoms with E-state index in [1.807, 2.05) is 38.4 Å². The number of para-hydroxylation sites is 1. The zero-order valence-electron chi connectivity index (χ0n) is 9.19. The zero-order chi connectivity index (χ0) is 11.3. The fourth-order valence-corrected chi connectivity index (χ4v) is 1.82. The maximum absolute atomic E-state index is 5.60. The molecule has 0 aliphatic rings. The van der Waals surface area contributed by atoms with Gasteiger partial charge >= 0.3 is 0 Å². The standard InChI is InChI=1S/C11H15NOS2/c1-4-15-10-8-6-5-7-9(10)13-11(14)12(2)3/h5-8H,4H2,1-3H3. The number of benzene rings is 1. The summed E-state index contributed by atoms with van der Waals surface area (Å²) in [6, 6.07) is 7.94. The van der Waals surface area contributed by atoms with Gasteiger partial charge < -0.3 is 9.64 Å². The summed E-state index contributed by atoms with van der Waals surface area (Å²) in [7, 11) is 3.75. The van der Waals surface area contributed by atoms with Crippen LogP contribution in [0, 0.1) is 0 Å². The Balaban J connectivity index is 2.79. The van der Waals surface area contributed by atoms with Crippen LogP contribution < -0.4 is 4.74 Å². The molecule has 15 heavy (non-hydrogen) atoms. The van der Waals surface area contributed by atoms with Gasteiger partial charge in [0.15, 0.2) is 0 Å². The molecule has 0 aliphatic heterocycles. The van der Waals surface area contributed by atoms with Crippen molar-refractivity contribution in [1.82, 2.24) is 4.90 Å². The second kappa shape index (κ2) is 5.98. The molecule has 0 bridgehead atoms. The molecular formula is C11H15NOS2. The molecule has 0 amide bonds. The molecule has 0 saturated carbocycles. The molecule has 4 heteroatoms. The van der Waals surface area contributed by atoms with Gasteiger partial charge in [0.1, 0.15) is 5.75 Å². The minimum Gasteiger partial charge on any atom is -0.431 e. The normalized spacial score (nSPS) is 9.80. The Bertz CT molecular complexity index is 339. The van der Waals surface area contributed by atoms with E-state index in [2.05, 4.69) is 6.92 Å². The first-order valence-electron chi connectivity index (χ1n) is 4.76. The summed E-state index contributed by atoms with van der Waals surface area (Å²) >= 11 is 6.85.